The molecule has 0 nitrogen and oxygen atoms in total. The molecule has 0 aliphatic carbocycles. The molecule has 0 rings (SSSR count). The van der Waals surface area contributed by atoms with Crippen molar-refractivity contribution in [2.24, 2.45) is 0 Å². The molecule has 0 aromatic rings. The van der Waals surface area contributed by atoms with Crippen LogP contribution in [0.3, 0.4) is 0 Å². The Balaban J connectivity index is 3.11. The molecule has 0 fully saturated rings. The maximum atomic E-state index is 11.0. The van der Waals surface area contributed by atoms with Crippen molar-refractivity contribution in [1.82, 2.24) is 0 Å². The first-order valence-corrected chi connectivity index (χ1v) is 2.00. The molecule has 0 saturated heterocycles. The SMILES string of the molecule is FC[CH]CC(F)(F)F. The van der Waals surface area contributed by atoms with Crippen LogP contribution in [0.4, 0.5) is 17.6 Å². The van der Waals surface area contributed by atoms with Crippen LogP contribution in [-0.2, 0) is 0 Å². The van der Waals surface area contributed by atoms with E-state index >= 15 is 0 Å². The van der Waals surface area contributed by atoms with Gasteiger partial charge >= 0.3 is 6.18 Å². The number of halogens is 4. The van der Waals surface area contributed by atoms with Crippen molar-refractivity contribution in [2.75, 3.05) is 6.67 Å². The van der Waals surface area contributed by atoms with Crippen LogP contribution in [0.1, 0.15) is 6.42 Å². The van der Waals surface area contributed by atoms with Crippen molar-refractivity contribution >= 4 is 0 Å². The van der Waals surface area contributed by atoms with Crippen LogP contribution in [0.25, 0.3) is 0 Å². The standard InChI is InChI=1S/C4H5F4/c5-3-1-2-4(6,7)8/h1H,2-3H2. The molecular weight excluding hydrogens is 124 g/mol. The average molecular weight is 129 g/mol. The van der Waals surface area contributed by atoms with Gasteiger partial charge in [-0.15, -0.1) is 0 Å². The third-order valence-corrected chi connectivity index (χ3v) is 0.485. The van der Waals surface area contributed by atoms with Gasteiger partial charge in [0.25, 0.3) is 0 Å². The average Bonchev–Trinajstić information content (AvgIpc) is 1.59. The van der Waals surface area contributed by atoms with Crippen LogP contribution in [0.15, 0.2) is 0 Å². The van der Waals surface area contributed by atoms with Crippen molar-refractivity contribution in [3.63, 3.8) is 0 Å². The zero-order valence-electron chi connectivity index (χ0n) is 4.00. The summed E-state index contributed by atoms with van der Waals surface area (Å²) in [4.78, 5) is 0. The first kappa shape index (κ1) is 7.72. The largest absolute Gasteiger partial charge is 0.389 e. The monoisotopic (exact) mass is 129 g/mol. The molecule has 0 aliphatic rings. The van der Waals surface area contributed by atoms with Crippen molar-refractivity contribution in [3.8, 4) is 0 Å². The van der Waals surface area contributed by atoms with Crippen molar-refractivity contribution in [1.29, 1.82) is 0 Å². The highest BCUT2D eigenvalue weighted by atomic mass is 19.4. The van der Waals surface area contributed by atoms with E-state index in [4.69, 9.17) is 0 Å². The van der Waals surface area contributed by atoms with Gasteiger partial charge in [-0.1, -0.05) is 0 Å². The van der Waals surface area contributed by atoms with Crippen LogP contribution >= 0.6 is 0 Å². The van der Waals surface area contributed by atoms with E-state index in [2.05, 4.69) is 0 Å². The Kier molecular flexibility index (Phi) is 2.79. The first-order chi connectivity index (χ1) is 3.56. The summed E-state index contributed by atoms with van der Waals surface area (Å²) >= 11 is 0. The van der Waals surface area contributed by atoms with E-state index in [1.165, 1.54) is 0 Å². The Hall–Kier alpha value is -0.280. The van der Waals surface area contributed by atoms with Gasteiger partial charge in [0.1, 0.15) is 0 Å². The fraction of sp³-hybridized carbons (Fsp3) is 0.750. The van der Waals surface area contributed by atoms with E-state index in [1.54, 1.807) is 0 Å². The quantitative estimate of drug-likeness (QED) is 0.501. The predicted octanol–water partition coefficient (Wildman–Crippen LogP) is 2.11. The lowest BCUT2D eigenvalue weighted by Crippen LogP contribution is -2.07. The van der Waals surface area contributed by atoms with E-state index in [1.807, 2.05) is 0 Å². The fourth-order valence-electron chi connectivity index (χ4n) is 0.218. The highest BCUT2D eigenvalue weighted by Gasteiger charge is 2.25. The van der Waals surface area contributed by atoms with Crippen LogP contribution in [-0.4, -0.2) is 12.9 Å². The summed E-state index contributed by atoms with van der Waals surface area (Å²) in [5.41, 5.74) is 0. The molecule has 0 unspecified atom stereocenters. The summed E-state index contributed by atoms with van der Waals surface area (Å²) < 4.78 is 44.1. The zero-order chi connectivity index (χ0) is 6.62. The summed E-state index contributed by atoms with van der Waals surface area (Å²) in [6, 6.07) is 0. The molecule has 0 bridgehead atoms. The van der Waals surface area contributed by atoms with Gasteiger partial charge in [-0.2, -0.15) is 13.2 Å². The van der Waals surface area contributed by atoms with Gasteiger partial charge in [0.15, 0.2) is 0 Å². The normalized spacial score (nSPS) is 12.0. The van der Waals surface area contributed by atoms with Crippen molar-refractivity contribution in [3.05, 3.63) is 6.42 Å². The van der Waals surface area contributed by atoms with E-state index in [-0.39, 0.29) is 0 Å². The number of rotatable bonds is 2. The zero-order valence-corrected chi connectivity index (χ0v) is 4.00. The second-order valence-corrected chi connectivity index (χ2v) is 1.26. The number of hydrogen-bond acceptors (Lipinski definition) is 0. The van der Waals surface area contributed by atoms with Crippen molar-refractivity contribution < 1.29 is 17.6 Å². The van der Waals surface area contributed by atoms with Gasteiger partial charge in [-0.3, -0.25) is 4.39 Å². The molecule has 1 radical (unpaired) electrons. The predicted molar refractivity (Wildman–Crippen MR) is 20.9 cm³/mol. The van der Waals surface area contributed by atoms with E-state index in [0.29, 0.717) is 6.42 Å². The van der Waals surface area contributed by atoms with Crippen LogP contribution < -0.4 is 0 Å². The summed E-state index contributed by atoms with van der Waals surface area (Å²) in [5.74, 6) is 0. The van der Waals surface area contributed by atoms with Gasteiger partial charge in [-0.05, 0) is 0 Å². The molecule has 0 amide bonds. The Morgan fingerprint density at radius 3 is 1.88 bits per heavy atom. The van der Waals surface area contributed by atoms with Crippen molar-refractivity contribution in [2.45, 2.75) is 12.6 Å². The summed E-state index contributed by atoms with van der Waals surface area (Å²) in [5, 5.41) is 0. The lowest BCUT2D eigenvalue weighted by molar-refractivity contribution is -0.128. The fourth-order valence-corrected chi connectivity index (χ4v) is 0.218. The maximum absolute atomic E-state index is 11.0. The molecule has 0 saturated carbocycles. The number of hydrogen-bond donors (Lipinski definition) is 0. The molecule has 0 aromatic heterocycles. The lowest BCUT2D eigenvalue weighted by atomic mass is 10.3. The highest BCUT2D eigenvalue weighted by molar-refractivity contribution is 4.67. The van der Waals surface area contributed by atoms with Gasteiger partial charge < -0.3 is 0 Å². The van der Waals surface area contributed by atoms with Gasteiger partial charge in [0, 0.05) is 12.8 Å². The molecule has 0 aliphatic heterocycles. The molecule has 0 aromatic carbocycles. The molecule has 0 N–H and O–H groups in total. The van der Waals surface area contributed by atoms with E-state index < -0.39 is 19.3 Å². The minimum Gasteiger partial charge on any atom is -0.251 e. The Labute approximate surface area is 44.5 Å². The molecule has 0 atom stereocenters. The van der Waals surface area contributed by atoms with Gasteiger partial charge in [-0.25, -0.2) is 0 Å². The molecule has 8 heavy (non-hydrogen) atoms. The van der Waals surface area contributed by atoms with Gasteiger partial charge in [0.2, 0.25) is 0 Å². The molecule has 0 heterocycles. The van der Waals surface area contributed by atoms with Crippen LogP contribution in [0.5, 0.6) is 0 Å². The van der Waals surface area contributed by atoms with Crippen LogP contribution in [0.2, 0.25) is 0 Å². The summed E-state index contributed by atoms with van der Waals surface area (Å²) in [6.45, 7) is -1.01. The smallest absolute Gasteiger partial charge is 0.251 e. The maximum Gasteiger partial charge on any atom is 0.389 e. The minimum absolute atomic E-state index is 0.542. The molecule has 0 spiro atoms. The third kappa shape index (κ3) is 5.72. The highest BCUT2D eigenvalue weighted by Crippen LogP contribution is 2.20. The summed E-state index contributed by atoms with van der Waals surface area (Å²) in [7, 11) is 0. The molecule has 4 heteroatoms. The van der Waals surface area contributed by atoms with E-state index in [0.717, 1.165) is 0 Å². The number of alkyl halides is 4. The second-order valence-electron chi connectivity index (χ2n) is 1.26. The Morgan fingerprint density at radius 2 is 1.75 bits per heavy atom. The minimum atomic E-state index is -4.24. The Morgan fingerprint density at radius 1 is 1.25 bits per heavy atom. The second kappa shape index (κ2) is 2.89. The topological polar surface area (TPSA) is 0 Å². The van der Waals surface area contributed by atoms with E-state index in [9.17, 15) is 17.6 Å². The van der Waals surface area contributed by atoms with Gasteiger partial charge in [0.05, 0.1) is 6.67 Å². The summed E-state index contributed by atoms with van der Waals surface area (Å²) in [6.07, 6.45) is -4.84. The lowest BCUT2D eigenvalue weighted by Gasteiger charge is -2.00. The molecule has 49 valence electrons. The first-order valence-electron chi connectivity index (χ1n) is 2.00. The molecular formula is C4H5F4. The Bertz CT molecular complexity index is 55.5. The third-order valence-electron chi connectivity index (χ3n) is 0.485. The van der Waals surface area contributed by atoms with Crippen LogP contribution in [0, 0.1) is 6.42 Å².